The summed E-state index contributed by atoms with van der Waals surface area (Å²) in [6, 6.07) is 7.56. The SMILES string of the molecule is CC(C)C1CCN(Cc2nc(-c3ccccc3Cl)no2)CC1. The molecule has 22 heavy (non-hydrogen) atoms. The second-order valence-corrected chi connectivity index (χ2v) is 6.76. The molecule has 0 aliphatic carbocycles. The molecule has 2 aromatic rings. The molecule has 1 aromatic carbocycles. The van der Waals surface area contributed by atoms with Gasteiger partial charge in [0.1, 0.15) is 0 Å². The van der Waals surface area contributed by atoms with Crippen LogP contribution in [0.2, 0.25) is 5.02 Å². The average molecular weight is 320 g/mol. The third-order valence-corrected chi connectivity index (χ3v) is 4.85. The van der Waals surface area contributed by atoms with Crippen LogP contribution in [0.3, 0.4) is 0 Å². The van der Waals surface area contributed by atoms with Crippen LogP contribution in [0.4, 0.5) is 0 Å². The van der Waals surface area contributed by atoms with E-state index in [9.17, 15) is 0 Å². The maximum atomic E-state index is 6.17. The van der Waals surface area contributed by atoms with Gasteiger partial charge in [-0.2, -0.15) is 4.98 Å². The molecule has 3 rings (SSSR count). The summed E-state index contributed by atoms with van der Waals surface area (Å²) in [4.78, 5) is 6.88. The van der Waals surface area contributed by atoms with Crippen molar-refractivity contribution >= 4 is 11.6 Å². The second-order valence-electron chi connectivity index (χ2n) is 6.35. The number of halogens is 1. The van der Waals surface area contributed by atoms with Crippen molar-refractivity contribution in [3.63, 3.8) is 0 Å². The van der Waals surface area contributed by atoms with E-state index in [1.165, 1.54) is 12.8 Å². The van der Waals surface area contributed by atoms with Crippen LogP contribution in [0.15, 0.2) is 28.8 Å². The molecule has 1 aliphatic heterocycles. The van der Waals surface area contributed by atoms with Gasteiger partial charge < -0.3 is 4.52 Å². The van der Waals surface area contributed by atoms with E-state index in [2.05, 4.69) is 28.9 Å². The number of rotatable bonds is 4. The highest BCUT2D eigenvalue weighted by molar-refractivity contribution is 6.33. The third-order valence-electron chi connectivity index (χ3n) is 4.52. The highest BCUT2D eigenvalue weighted by Gasteiger charge is 2.23. The lowest BCUT2D eigenvalue weighted by molar-refractivity contribution is 0.138. The Bertz CT molecular complexity index is 618. The minimum atomic E-state index is 0.567. The van der Waals surface area contributed by atoms with E-state index in [4.69, 9.17) is 16.1 Å². The second kappa shape index (κ2) is 6.80. The van der Waals surface area contributed by atoms with E-state index in [1.54, 1.807) is 0 Å². The molecular weight excluding hydrogens is 298 g/mol. The lowest BCUT2D eigenvalue weighted by atomic mass is 9.87. The van der Waals surface area contributed by atoms with E-state index in [-0.39, 0.29) is 0 Å². The monoisotopic (exact) mass is 319 g/mol. The number of benzene rings is 1. The average Bonchev–Trinajstić information content (AvgIpc) is 2.96. The molecule has 0 saturated carbocycles. The lowest BCUT2D eigenvalue weighted by Crippen LogP contribution is -2.34. The summed E-state index contributed by atoms with van der Waals surface area (Å²) >= 11 is 6.17. The van der Waals surface area contributed by atoms with Gasteiger partial charge in [-0.25, -0.2) is 0 Å². The maximum Gasteiger partial charge on any atom is 0.241 e. The Morgan fingerprint density at radius 2 is 2.00 bits per heavy atom. The first-order valence-corrected chi connectivity index (χ1v) is 8.31. The predicted octanol–water partition coefficient (Wildman–Crippen LogP) is 4.26. The van der Waals surface area contributed by atoms with Gasteiger partial charge in [-0.3, -0.25) is 4.90 Å². The molecule has 1 aromatic heterocycles. The zero-order valence-electron chi connectivity index (χ0n) is 13.1. The molecule has 1 aliphatic rings. The van der Waals surface area contributed by atoms with E-state index in [0.29, 0.717) is 16.7 Å². The van der Waals surface area contributed by atoms with Gasteiger partial charge in [-0.1, -0.05) is 42.7 Å². The molecule has 0 spiro atoms. The molecule has 1 saturated heterocycles. The van der Waals surface area contributed by atoms with Crippen molar-refractivity contribution in [1.29, 1.82) is 0 Å². The first kappa shape index (κ1) is 15.5. The maximum absolute atomic E-state index is 6.17. The van der Waals surface area contributed by atoms with Crippen molar-refractivity contribution in [2.75, 3.05) is 13.1 Å². The highest BCUT2D eigenvalue weighted by Crippen LogP contribution is 2.27. The number of hydrogen-bond donors (Lipinski definition) is 0. The van der Waals surface area contributed by atoms with E-state index >= 15 is 0 Å². The highest BCUT2D eigenvalue weighted by atomic mass is 35.5. The molecular formula is C17H22ClN3O. The van der Waals surface area contributed by atoms with Gasteiger partial charge in [0.2, 0.25) is 11.7 Å². The molecule has 0 bridgehead atoms. The summed E-state index contributed by atoms with van der Waals surface area (Å²) in [5.41, 5.74) is 0.817. The quantitative estimate of drug-likeness (QED) is 0.844. The van der Waals surface area contributed by atoms with Crippen molar-refractivity contribution in [2.45, 2.75) is 33.2 Å². The predicted molar refractivity (Wildman–Crippen MR) is 87.6 cm³/mol. The molecule has 0 unspecified atom stereocenters. The van der Waals surface area contributed by atoms with Gasteiger partial charge in [0.15, 0.2) is 0 Å². The standard InChI is InChI=1S/C17H22ClN3O/c1-12(2)13-7-9-21(10-8-13)11-16-19-17(20-22-16)14-5-3-4-6-15(14)18/h3-6,12-13H,7-11H2,1-2H3. The summed E-state index contributed by atoms with van der Waals surface area (Å²) in [5, 5.41) is 4.70. The molecule has 1 fully saturated rings. The summed E-state index contributed by atoms with van der Waals surface area (Å²) in [7, 11) is 0. The van der Waals surface area contributed by atoms with Crippen molar-refractivity contribution in [2.24, 2.45) is 11.8 Å². The molecule has 0 N–H and O–H groups in total. The minimum Gasteiger partial charge on any atom is -0.338 e. The van der Waals surface area contributed by atoms with Crippen LogP contribution in [0.5, 0.6) is 0 Å². The van der Waals surface area contributed by atoms with Crippen LogP contribution in [0.1, 0.15) is 32.6 Å². The largest absolute Gasteiger partial charge is 0.338 e. The van der Waals surface area contributed by atoms with Crippen LogP contribution in [-0.4, -0.2) is 28.1 Å². The fraction of sp³-hybridized carbons (Fsp3) is 0.529. The molecule has 5 heteroatoms. The van der Waals surface area contributed by atoms with Gasteiger partial charge in [0.25, 0.3) is 0 Å². The minimum absolute atomic E-state index is 0.567. The normalized spacial score (nSPS) is 17.3. The summed E-state index contributed by atoms with van der Waals surface area (Å²) in [6.45, 7) is 7.56. The van der Waals surface area contributed by atoms with Gasteiger partial charge in [-0.05, 0) is 49.9 Å². The molecule has 2 heterocycles. The molecule has 0 amide bonds. The van der Waals surface area contributed by atoms with Crippen LogP contribution < -0.4 is 0 Å². The van der Waals surface area contributed by atoms with Gasteiger partial charge in [0.05, 0.1) is 11.6 Å². The van der Waals surface area contributed by atoms with E-state index < -0.39 is 0 Å². The molecule has 0 atom stereocenters. The summed E-state index contributed by atoms with van der Waals surface area (Å²) < 4.78 is 5.39. The zero-order valence-corrected chi connectivity index (χ0v) is 13.9. The van der Waals surface area contributed by atoms with Gasteiger partial charge in [0, 0.05) is 5.56 Å². The Kier molecular flexibility index (Phi) is 4.79. The fourth-order valence-electron chi connectivity index (χ4n) is 3.04. The lowest BCUT2D eigenvalue weighted by Gasteiger charge is -2.32. The van der Waals surface area contributed by atoms with Gasteiger partial charge in [-0.15, -0.1) is 0 Å². The van der Waals surface area contributed by atoms with Crippen LogP contribution in [0.25, 0.3) is 11.4 Å². The van der Waals surface area contributed by atoms with Crippen LogP contribution >= 0.6 is 11.6 Å². The smallest absolute Gasteiger partial charge is 0.241 e. The van der Waals surface area contributed by atoms with Gasteiger partial charge >= 0.3 is 0 Å². The Hall–Kier alpha value is -1.39. The molecule has 0 radical (unpaired) electrons. The Labute approximate surface area is 136 Å². The zero-order chi connectivity index (χ0) is 15.5. The Morgan fingerprint density at radius 3 is 2.68 bits per heavy atom. The first-order valence-electron chi connectivity index (χ1n) is 7.93. The fourth-order valence-corrected chi connectivity index (χ4v) is 3.26. The number of piperidine rings is 1. The number of aromatic nitrogens is 2. The summed E-state index contributed by atoms with van der Waals surface area (Å²) in [5.74, 6) is 2.85. The Morgan fingerprint density at radius 1 is 1.27 bits per heavy atom. The number of likely N-dealkylation sites (tertiary alicyclic amines) is 1. The van der Waals surface area contributed by atoms with Crippen LogP contribution in [0, 0.1) is 11.8 Å². The molecule has 4 nitrogen and oxygen atoms in total. The topological polar surface area (TPSA) is 42.2 Å². The van der Waals surface area contributed by atoms with Crippen molar-refractivity contribution in [1.82, 2.24) is 15.0 Å². The molecule has 118 valence electrons. The van der Waals surface area contributed by atoms with Crippen LogP contribution in [-0.2, 0) is 6.54 Å². The van der Waals surface area contributed by atoms with E-state index in [0.717, 1.165) is 37.0 Å². The van der Waals surface area contributed by atoms with E-state index in [1.807, 2.05) is 24.3 Å². The van der Waals surface area contributed by atoms with Crippen molar-refractivity contribution in [3.05, 3.63) is 35.2 Å². The Balaban J connectivity index is 1.62. The van der Waals surface area contributed by atoms with Crippen molar-refractivity contribution < 1.29 is 4.52 Å². The summed E-state index contributed by atoms with van der Waals surface area (Å²) in [6.07, 6.45) is 2.51. The van der Waals surface area contributed by atoms with Crippen molar-refractivity contribution in [3.8, 4) is 11.4 Å². The number of hydrogen-bond acceptors (Lipinski definition) is 4. The third kappa shape index (κ3) is 3.50. The number of nitrogens with zero attached hydrogens (tertiary/aromatic N) is 3. The first-order chi connectivity index (χ1) is 10.6.